The van der Waals surface area contributed by atoms with Crippen LogP contribution < -0.4 is 15.0 Å². The van der Waals surface area contributed by atoms with E-state index in [9.17, 15) is 4.79 Å². The molecule has 6 nitrogen and oxygen atoms in total. The molecule has 2 atom stereocenters. The molecule has 0 spiro atoms. The molecule has 1 saturated heterocycles. The molecule has 168 valence electrons. The monoisotopic (exact) mass is 432 g/mol. The number of hydrogen-bond donors (Lipinski definition) is 1. The summed E-state index contributed by atoms with van der Waals surface area (Å²) in [4.78, 5) is 22.0. The van der Waals surface area contributed by atoms with Gasteiger partial charge in [-0.2, -0.15) is 0 Å². The predicted octanol–water partition coefficient (Wildman–Crippen LogP) is 4.69. The molecule has 1 amide bonds. The van der Waals surface area contributed by atoms with Crippen LogP contribution in [0.25, 0.3) is 0 Å². The summed E-state index contributed by atoms with van der Waals surface area (Å²) < 4.78 is 6.08. The zero-order valence-electron chi connectivity index (χ0n) is 18.9. The number of nitrogens with one attached hydrogen (secondary N) is 1. The minimum atomic E-state index is -0.210. The van der Waals surface area contributed by atoms with Gasteiger partial charge in [0.15, 0.2) is 0 Å². The largest absolute Gasteiger partial charge is 0.488 e. The third-order valence-corrected chi connectivity index (χ3v) is 6.09. The molecule has 1 aliphatic heterocycles. The van der Waals surface area contributed by atoms with Crippen LogP contribution in [0.1, 0.15) is 31.2 Å². The van der Waals surface area contributed by atoms with Crippen molar-refractivity contribution in [1.29, 1.82) is 0 Å². The number of carbonyl (C=O) groups excluding carboxylic acids is 1. The Morgan fingerprint density at radius 2 is 1.84 bits per heavy atom. The lowest BCUT2D eigenvalue weighted by molar-refractivity contribution is 0.102. The van der Waals surface area contributed by atoms with Crippen molar-refractivity contribution in [2.45, 2.75) is 32.5 Å². The molecule has 3 aromatic rings. The summed E-state index contributed by atoms with van der Waals surface area (Å²) in [6.45, 7) is 6.69. The van der Waals surface area contributed by atoms with E-state index in [1.807, 2.05) is 54.6 Å². The van der Waals surface area contributed by atoms with E-state index in [1.165, 1.54) is 0 Å². The van der Waals surface area contributed by atoms with Crippen LogP contribution in [0.2, 0.25) is 0 Å². The van der Waals surface area contributed by atoms with Gasteiger partial charge in [0.05, 0.1) is 17.4 Å². The summed E-state index contributed by atoms with van der Waals surface area (Å²) in [7, 11) is 2.17. The number of hydrogen-bond acceptors (Lipinski definition) is 5. The number of anilines is 2. The first-order valence-electron chi connectivity index (χ1n) is 11.0. The predicted molar refractivity (Wildman–Crippen MR) is 130 cm³/mol. The average Bonchev–Trinajstić information content (AvgIpc) is 2.82. The van der Waals surface area contributed by atoms with Gasteiger partial charge in [0.25, 0.3) is 5.91 Å². The number of nitrogens with zero attached hydrogens (tertiary/aromatic N) is 3. The molecular weight excluding hydrogens is 400 g/mol. The number of likely N-dealkylation sites (N-methyl/N-ethyl adjacent to an activating group) is 1. The molecule has 1 aromatic heterocycles. The maximum atomic E-state index is 13.2. The van der Waals surface area contributed by atoms with Gasteiger partial charge in [-0.05, 0) is 56.8 Å². The third kappa shape index (κ3) is 5.08. The number of carbonyl (C=O) groups is 1. The first-order valence-corrected chi connectivity index (χ1v) is 11.0. The fourth-order valence-electron chi connectivity index (χ4n) is 4.00. The van der Waals surface area contributed by atoms with Crippen molar-refractivity contribution in [3.05, 3.63) is 84.2 Å². The standard InChI is InChI=1S/C26H30N4O2.H2/c1-19-16-30(17-20(2)29(19)3)23-11-12-25(32-18-21-8-5-4-6-9-21)24(14-23)26(31)28-22-10-7-13-27-15-22;/h4-15,19-20H,16-18H2,1-3H3,(H,28,31);1H/t19-,20+;. The van der Waals surface area contributed by atoms with Crippen molar-refractivity contribution in [3.8, 4) is 5.75 Å². The number of ether oxygens (including phenoxy) is 1. The summed E-state index contributed by atoms with van der Waals surface area (Å²) in [6.07, 6.45) is 3.32. The molecule has 6 heteroatoms. The van der Waals surface area contributed by atoms with Crippen molar-refractivity contribution in [2.24, 2.45) is 0 Å². The van der Waals surface area contributed by atoms with Gasteiger partial charge >= 0.3 is 0 Å². The highest BCUT2D eigenvalue weighted by molar-refractivity contribution is 6.06. The first kappa shape index (κ1) is 21.8. The second-order valence-electron chi connectivity index (χ2n) is 8.42. The maximum absolute atomic E-state index is 13.2. The molecule has 1 N–H and O–H groups in total. The van der Waals surface area contributed by atoms with Crippen LogP contribution in [0.4, 0.5) is 11.4 Å². The number of amides is 1. The molecular formula is C26H32N4O2. The van der Waals surface area contributed by atoms with Crippen LogP contribution in [0, 0.1) is 0 Å². The van der Waals surface area contributed by atoms with Gasteiger partial charge in [0.1, 0.15) is 12.4 Å². The van der Waals surface area contributed by atoms with Crippen LogP contribution in [0.3, 0.4) is 0 Å². The Morgan fingerprint density at radius 1 is 1.09 bits per heavy atom. The summed E-state index contributed by atoms with van der Waals surface area (Å²) in [5, 5.41) is 2.94. The quantitative estimate of drug-likeness (QED) is 0.613. The smallest absolute Gasteiger partial charge is 0.259 e. The number of pyridine rings is 1. The van der Waals surface area contributed by atoms with Crippen LogP contribution in [-0.4, -0.2) is 48.0 Å². The van der Waals surface area contributed by atoms with Crippen LogP contribution >= 0.6 is 0 Å². The van der Waals surface area contributed by atoms with E-state index in [4.69, 9.17) is 4.74 Å². The maximum Gasteiger partial charge on any atom is 0.259 e. The highest BCUT2D eigenvalue weighted by Crippen LogP contribution is 2.29. The molecule has 0 saturated carbocycles. The Balaban J connectivity index is 0.00000306. The van der Waals surface area contributed by atoms with Crippen molar-refractivity contribution < 1.29 is 11.0 Å². The normalized spacial score (nSPS) is 18.9. The van der Waals surface area contributed by atoms with Crippen LogP contribution in [-0.2, 0) is 6.61 Å². The molecule has 1 fully saturated rings. The second-order valence-corrected chi connectivity index (χ2v) is 8.42. The number of aromatic nitrogens is 1. The Hall–Kier alpha value is -3.38. The lowest BCUT2D eigenvalue weighted by Crippen LogP contribution is -2.55. The van der Waals surface area contributed by atoms with Gasteiger partial charge in [-0.1, -0.05) is 30.3 Å². The minimum Gasteiger partial charge on any atom is -0.488 e. The Labute approximate surface area is 191 Å². The van der Waals surface area contributed by atoms with Crippen molar-refractivity contribution in [2.75, 3.05) is 30.4 Å². The topological polar surface area (TPSA) is 57.7 Å². The van der Waals surface area contributed by atoms with E-state index in [0.29, 0.717) is 35.7 Å². The van der Waals surface area contributed by atoms with Gasteiger partial charge < -0.3 is 15.0 Å². The van der Waals surface area contributed by atoms with E-state index >= 15 is 0 Å². The van der Waals surface area contributed by atoms with E-state index in [1.54, 1.807) is 18.5 Å². The zero-order chi connectivity index (χ0) is 22.5. The molecule has 0 aliphatic carbocycles. The Kier molecular flexibility index (Phi) is 6.71. The van der Waals surface area contributed by atoms with Gasteiger partial charge in [0.2, 0.25) is 0 Å². The number of benzene rings is 2. The summed E-state index contributed by atoms with van der Waals surface area (Å²) in [5.74, 6) is 0.354. The van der Waals surface area contributed by atoms with Crippen molar-refractivity contribution in [3.63, 3.8) is 0 Å². The van der Waals surface area contributed by atoms with E-state index in [-0.39, 0.29) is 7.33 Å². The number of piperazine rings is 1. The van der Waals surface area contributed by atoms with Crippen molar-refractivity contribution >= 4 is 17.3 Å². The summed E-state index contributed by atoms with van der Waals surface area (Å²) in [5.41, 5.74) is 3.25. The molecule has 2 aromatic carbocycles. The zero-order valence-corrected chi connectivity index (χ0v) is 18.9. The van der Waals surface area contributed by atoms with Crippen LogP contribution in [0.15, 0.2) is 73.1 Å². The molecule has 4 rings (SSSR count). The van der Waals surface area contributed by atoms with Gasteiger partial charge in [0, 0.05) is 38.5 Å². The molecule has 2 heterocycles. The fraction of sp³-hybridized carbons (Fsp3) is 0.308. The van der Waals surface area contributed by atoms with Crippen molar-refractivity contribution in [1.82, 2.24) is 9.88 Å². The second kappa shape index (κ2) is 9.83. The van der Waals surface area contributed by atoms with E-state index in [0.717, 1.165) is 24.3 Å². The third-order valence-electron chi connectivity index (χ3n) is 6.09. The number of rotatable bonds is 6. The molecule has 0 unspecified atom stereocenters. The SMILES string of the molecule is C[C@@H]1CN(c2ccc(OCc3ccccc3)c(C(=O)Nc3cccnc3)c2)C[C@H](C)N1C.[HH]. The average molecular weight is 433 g/mol. The molecule has 0 bridgehead atoms. The first-order chi connectivity index (χ1) is 15.5. The van der Waals surface area contributed by atoms with Crippen LogP contribution in [0.5, 0.6) is 5.75 Å². The molecule has 32 heavy (non-hydrogen) atoms. The summed E-state index contributed by atoms with van der Waals surface area (Å²) in [6, 6.07) is 20.3. The van der Waals surface area contributed by atoms with E-state index < -0.39 is 0 Å². The highest BCUT2D eigenvalue weighted by atomic mass is 16.5. The fourth-order valence-corrected chi connectivity index (χ4v) is 4.00. The molecule has 0 radical (unpaired) electrons. The highest BCUT2D eigenvalue weighted by Gasteiger charge is 2.27. The lowest BCUT2D eigenvalue weighted by atomic mass is 10.1. The Bertz CT molecular complexity index is 1040. The summed E-state index contributed by atoms with van der Waals surface area (Å²) >= 11 is 0. The van der Waals surface area contributed by atoms with Gasteiger partial charge in [-0.15, -0.1) is 0 Å². The Morgan fingerprint density at radius 3 is 2.53 bits per heavy atom. The lowest BCUT2D eigenvalue weighted by Gasteiger charge is -2.43. The van der Waals surface area contributed by atoms with Gasteiger partial charge in [-0.3, -0.25) is 14.7 Å². The molecule has 1 aliphatic rings. The van der Waals surface area contributed by atoms with Gasteiger partial charge in [-0.25, -0.2) is 0 Å². The minimum absolute atomic E-state index is 0. The van der Waals surface area contributed by atoms with E-state index in [2.05, 4.69) is 41.0 Å².